The van der Waals surface area contributed by atoms with Crippen molar-refractivity contribution < 1.29 is 18.7 Å². The molecule has 2 rings (SSSR count). The number of carboxylic acid groups (broad SMARTS) is 1. The van der Waals surface area contributed by atoms with Gasteiger partial charge in [-0.25, -0.2) is 13.6 Å². The summed E-state index contributed by atoms with van der Waals surface area (Å²) in [5.74, 6) is -2.68. The number of carbonyl (C=O) groups is 1. The molecule has 2 aromatic carbocycles. The fourth-order valence-corrected chi connectivity index (χ4v) is 2.01. The molecule has 0 fully saturated rings. The average molecular weight is 328 g/mol. The molecule has 2 aromatic rings. The predicted octanol–water partition coefficient (Wildman–Crippen LogP) is 4.17. The largest absolute Gasteiger partial charge is 0.478 e. The van der Waals surface area contributed by atoms with Crippen molar-refractivity contribution in [3.8, 4) is 0 Å². The standard InChI is InChI=1S/C13H8BrF2NO2/c14-8-4-2-6-10(16)12(8)17-11-7(13(18)19)3-1-5-9(11)15/h1-6,17H,(H,18,19). The van der Waals surface area contributed by atoms with Crippen molar-refractivity contribution in [3.05, 3.63) is 58.1 Å². The van der Waals surface area contributed by atoms with Gasteiger partial charge in [-0.2, -0.15) is 0 Å². The summed E-state index contributed by atoms with van der Waals surface area (Å²) in [6.07, 6.45) is 0. The van der Waals surface area contributed by atoms with Gasteiger partial charge in [0.05, 0.1) is 16.9 Å². The molecule has 0 atom stereocenters. The SMILES string of the molecule is O=C(O)c1cccc(F)c1Nc1c(F)cccc1Br. The maximum atomic E-state index is 13.7. The molecule has 3 nitrogen and oxygen atoms in total. The van der Waals surface area contributed by atoms with Gasteiger partial charge in [0, 0.05) is 4.47 Å². The van der Waals surface area contributed by atoms with E-state index in [1.165, 1.54) is 24.3 Å². The summed E-state index contributed by atoms with van der Waals surface area (Å²) in [5.41, 5.74) is -0.564. The van der Waals surface area contributed by atoms with Crippen LogP contribution in [-0.2, 0) is 0 Å². The molecule has 0 radical (unpaired) electrons. The van der Waals surface area contributed by atoms with Gasteiger partial charge in [-0.05, 0) is 40.2 Å². The molecule has 0 aromatic heterocycles. The maximum Gasteiger partial charge on any atom is 0.337 e. The Kier molecular flexibility index (Phi) is 3.80. The molecule has 0 heterocycles. The van der Waals surface area contributed by atoms with E-state index in [1.54, 1.807) is 6.07 Å². The lowest BCUT2D eigenvalue weighted by atomic mass is 10.1. The van der Waals surface area contributed by atoms with E-state index in [0.717, 1.165) is 6.07 Å². The van der Waals surface area contributed by atoms with E-state index >= 15 is 0 Å². The second kappa shape index (κ2) is 5.36. The van der Waals surface area contributed by atoms with Crippen LogP contribution in [-0.4, -0.2) is 11.1 Å². The van der Waals surface area contributed by atoms with Crippen molar-refractivity contribution in [2.75, 3.05) is 5.32 Å². The second-order valence-electron chi connectivity index (χ2n) is 3.69. The van der Waals surface area contributed by atoms with Crippen molar-refractivity contribution in [2.45, 2.75) is 0 Å². The number of anilines is 2. The van der Waals surface area contributed by atoms with Crippen LogP contribution in [0.25, 0.3) is 0 Å². The number of hydrogen-bond acceptors (Lipinski definition) is 2. The van der Waals surface area contributed by atoms with E-state index in [-0.39, 0.29) is 16.9 Å². The molecule has 0 amide bonds. The van der Waals surface area contributed by atoms with E-state index in [9.17, 15) is 13.6 Å². The molecule has 0 aliphatic carbocycles. The molecule has 2 N–H and O–H groups in total. The minimum atomic E-state index is -1.30. The molecule has 0 saturated heterocycles. The molecule has 19 heavy (non-hydrogen) atoms. The van der Waals surface area contributed by atoms with E-state index in [4.69, 9.17) is 5.11 Å². The summed E-state index contributed by atoms with van der Waals surface area (Å²) in [4.78, 5) is 11.0. The monoisotopic (exact) mass is 327 g/mol. The zero-order chi connectivity index (χ0) is 14.0. The van der Waals surface area contributed by atoms with E-state index in [1.807, 2.05) is 0 Å². The zero-order valence-corrected chi connectivity index (χ0v) is 11.0. The summed E-state index contributed by atoms with van der Waals surface area (Å²) < 4.78 is 27.7. The third kappa shape index (κ3) is 2.73. The first-order valence-electron chi connectivity index (χ1n) is 5.23. The predicted molar refractivity (Wildman–Crippen MR) is 70.7 cm³/mol. The van der Waals surface area contributed by atoms with Gasteiger partial charge in [-0.3, -0.25) is 0 Å². The number of aromatic carboxylic acids is 1. The van der Waals surface area contributed by atoms with Crippen LogP contribution < -0.4 is 5.32 Å². The minimum Gasteiger partial charge on any atom is -0.478 e. The first-order valence-corrected chi connectivity index (χ1v) is 6.03. The van der Waals surface area contributed by atoms with Crippen LogP contribution in [0, 0.1) is 11.6 Å². The Hall–Kier alpha value is -1.95. The fraction of sp³-hybridized carbons (Fsp3) is 0. The highest BCUT2D eigenvalue weighted by Crippen LogP contribution is 2.31. The van der Waals surface area contributed by atoms with Crippen molar-refractivity contribution >= 4 is 33.3 Å². The van der Waals surface area contributed by atoms with Gasteiger partial charge in [0.15, 0.2) is 0 Å². The number of nitrogens with one attached hydrogen (secondary N) is 1. The Morgan fingerprint density at radius 1 is 1.05 bits per heavy atom. The topological polar surface area (TPSA) is 49.3 Å². The Bertz CT molecular complexity index is 626. The van der Waals surface area contributed by atoms with Crippen LogP contribution in [0.1, 0.15) is 10.4 Å². The van der Waals surface area contributed by atoms with Crippen molar-refractivity contribution in [1.82, 2.24) is 0 Å². The Morgan fingerprint density at radius 2 is 1.63 bits per heavy atom. The Morgan fingerprint density at radius 3 is 2.21 bits per heavy atom. The van der Waals surface area contributed by atoms with Gasteiger partial charge >= 0.3 is 5.97 Å². The summed E-state index contributed by atoms with van der Waals surface area (Å²) >= 11 is 3.12. The van der Waals surface area contributed by atoms with E-state index in [0.29, 0.717) is 4.47 Å². The second-order valence-corrected chi connectivity index (χ2v) is 4.54. The third-order valence-electron chi connectivity index (χ3n) is 2.46. The first-order chi connectivity index (χ1) is 9.00. The van der Waals surface area contributed by atoms with Gasteiger partial charge in [-0.1, -0.05) is 12.1 Å². The Balaban J connectivity index is 2.52. The number of para-hydroxylation sites is 2. The number of hydrogen-bond donors (Lipinski definition) is 2. The number of benzene rings is 2. The smallest absolute Gasteiger partial charge is 0.337 e. The van der Waals surface area contributed by atoms with E-state index < -0.39 is 17.6 Å². The molecular weight excluding hydrogens is 320 g/mol. The Labute approximate surface area is 116 Å². The minimum absolute atomic E-state index is 0.0184. The van der Waals surface area contributed by atoms with Gasteiger partial charge < -0.3 is 10.4 Å². The number of halogens is 3. The molecule has 0 aliphatic heterocycles. The van der Waals surface area contributed by atoms with Crippen LogP contribution in [0.3, 0.4) is 0 Å². The lowest BCUT2D eigenvalue weighted by molar-refractivity contribution is 0.0697. The highest BCUT2D eigenvalue weighted by Gasteiger charge is 2.16. The van der Waals surface area contributed by atoms with Crippen molar-refractivity contribution in [1.29, 1.82) is 0 Å². The average Bonchev–Trinajstić information content (AvgIpc) is 2.35. The molecule has 0 saturated carbocycles. The molecular formula is C13H8BrF2NO2. The van der Waals surface area contributed by atoms with E-state index in [2.05, 4.69) is 21.2 Å². The normalized spacial score (nSPS) is 10.3. The lowest BCUT2D eigenvalue weighted by Crippen LogP contribution is -2.06. The van der Waals surface area contributed by atoms with Gasteiger partial charge in [0.1, 0.15) is 11.6 Å². The molecule has 0 aliphatic rings. The van der Waals surface area contributed by atoms with Crippen LogP contribution >= 0.6 is 15.9 Å². The van der Waals surface area contributed by atoms with Crippen LogP contribution in [0.5, 0.6) is 0 Å². The third-order valence-corrected chi connectivity index (χ3v) is 3.12. The summed E-state index contributed by atoms with van der Waals surface area (Å²) in [7, 11) is 0. The lowest BCUT2D eigenvalue weighted by Gasteiger charge is -2.12. The highest BCUT2D eigenvalue weighted by molar-refractivity contribution is 9.10. The number of carboxylic acids is 1. The van der Waals surface area contributed by atoms with Crippen LogP contribution in [0.2, 0.25) is 0 Å². The van der Waals surface area contributed by atoms with Crippen molar-refractivity contribution in [3.63, 3.8) is 0 Å². The molecule has 98 valence electrons. The first kappa shape index (κ1) is 13.5. The maximum absolute atomic E-state index is 13.7. The van der Waals surface area contributed by atoms with Crippen molar-refractivity contribution in [2.24, 2.45) is 0 Å². The molecule has 0 bridgehead atoms. The molecule has 0 unspecified atom stereocenters. The number of rotatable bonds is 3. The van der Waals surface area contributed by atoms with Crippen LogP contribution in [0.4, 0.5) is 20.2 Å². The zero-order valence-electron chi connectivity index (χ0n) is 9.45. The quantitative estimate of drug-likeness (QED) is 0.889. The van der Waals surface area contributed by atoms with Gasteiger partial charge in [-0.15, -0.1) is 0 Å². The molecule has 6 heteroatoms. The van der Waals surface area contributed by atoms with Crippen LogP contribution in [0.15, 0.2) is 40.9 Å². The van der Waals surface area contributed by atoms with Gasteiger partial charge in [0.25, 0.3) is 0 Å². The summed E-state index contributed by atoms with van der Waals surface area (Å²) in [6, 6.07) is 7.84. The molecule has 0 spiro atoms. The summed E-state index contributed by atoms with van der Waals surface area (Å²) in [6.45, 7) is 0. The highest BCUT2D eigenvalue weighted by atomic mass is 79.9. The summed E-state index contributed by atoms with van der Waals surface area (Å²) in [5, 5.41) is 11.5. The van der Waals surface area contributed by atoms with Gasteiger partial charge in [0.2, 0.25) is 0 Å². The fourth-order valence-electron chi connectivity index (χ4n) is 1.57.